The van der Waals surface area contributed by atoms with Crippen LogP contribution >= 0.6 is 0 Å². The average Bonchev–Trinajstić information content (AvgIpc) is 3.12. The van der Waals surface area contributed by atoms with Crippen LogP contribution < -0.4 is 10.6 Å². The normalized spacial score (nSPS) is 24.0. The van der Waals surface area contributed by atoms with Crippen molar-refractivity contribution >= 4 is 11.9 Å². The van der Waals surface area contributed by atoms with Gasteiger partial charge < -0.3 is 20.0 Å². The number of rotatable bonds is 5. The SMILES string of the molecule is Cc1ccc(C(=O)NC2CCN(C(=O)NCC(C)(C)N3CC(C)CC(C)C3)CC2)o1. The molecule has 0 radical (unpaired) electrons. The second-order valence-corrected chi connectivity index (χ2v) is 9.97. The van der Waals surface area contributed by atoms with E-state index < -0.39 is 0 Å². The van der Waals surface area contributed by atoms with Gasteiger partial charge in [-0.05, 0) is 64.0 Å². The van der Waals surface area contributed by atoms with Crippen molar-refractivity contribution in [3.63, 3.8) is 0 Å². The van der Waals surface area contributed by atoms with Gasteiger partial charge in [-0.3, -0.25) is 9.69 Å². The average molecular weight is 419 g/mol. The summed E-state index contributed by atoms with van der Waals surface area (Å²) >= 11 is 0. The lowest BCUT2D eigenvalue weighted by molar-refractivity contribution is 0.0461. The molecule has 2 saturated heterocycles. The van der Waals surface area contributed by atoms with Crippen LogP contribution in [0.5, 0.6) is 0 Å². The quantitative estimate of drug-likeness (QED) is 0.769. The highest BCUT2D eigenvalue weighted by molar-refractivity contribution is 5.91. The van der Waals surface area contributed by atoms with E-state index in [1.807, 2.05) is 11.8 Å². The van der Waals surface area contributed by atoms with Gasteiger partial charge in [-0.15, -0.1) is 0 Å². The van der Waals surface area contributed by atoms with E-state index >= 15 is 0 Å². The fourth-order valence-corrected chi connectivity index (χ4v) is 4.71. The van der Waals surface area contributed by atoms with E-state index in [1.165, 1.54) is 6.42 Å². The van der Waals surface area contributed by atoms with Gasteiger partial charge in [-0.2, -0.15) is 0 Å². The van der Waals surface area contributed by atoms with Crippen molar-refractivity contribution in [1.29, 1.82) is 0 Å². The minimum Gasteiger partial charge on any atom is -0.456 e. The molecule has 2 N–H and O–H groups in total. The highest BCUT2D eigenvalue weighted by Crippen LogP contribution is 2.27. The van der Waals surface area contributed by atoms with E-state index in [4.69, 9.17) is 4.42 Å². The summed E-state index contributed by atoms with van der Waals surface area (Å²) in [6.07, 6.45) is 2.79. The van der Waals surface area contributed by atoms with Crippen molar-refractivity contribution < 1.29 is 14.0 Å². The third-order valence-electron chi connectivity index (χ3n) is 6.48. The molecule has 0 saturated carbocycles. The first-order valence-corrected chi connectivity index (χ1v) is 11.3. The maximum absolute atomic E-state index is 12.7. The zero-order chi connectivity index (χ0) is 21.9. The number of likely N-dealkylation sites (tertiary alicyclic amines) is 2. The fraction of sp³-hybridized carbons (Fsp3) is 0.739. The maximum atomic E-state index is 12.7. The number of carbonyl (C=O) groups is 2. The number of urea groups is 1. The van der Waals surface area contributed by atoms with E-state index in [0.29, 0.717) is 37.2 Å². The van der Waals surface area contributed by atoms with Crippen molar-refractivity contribution in [1.82, 2.24) is 20.4 Å². The van der Waals surface area contributed by atoms with Crippen LogP contribution in [0.15, 0.2) is 16.5 Å². The fourth-order valence-electron chi connectivity index (χ4n) is 4.71. The molecule has 2 fully saturated rings. The zero-order valence-electron chi connectivity index (χ0n) is 19.2. The van der Waals surface area contributed by atoms with Gasteiger partial charge in [0.15, 0.2) is 5.76 Å². The molecular weight excluding hydrogens is 380 g/mol. The molecule has 2 aliphatic heterocycles. The molecular formula is C23H38N4O3. The number of nitrogens with one attached hydrogen (secondary N) is 2. The molecule has 0 aliphatic carbocycles. The van der Waals surface area contributed by atoms with Crippen molar-refractivity contribution in [3.05, 3.63) is 23.7 Å². The lowest BCUT2D eigenvalue weighted by atomic mass is 9.88. The lowest BCUT2D eigenvalue weighted by Gasteiger charge is -2.45. The molecule has 2 atom stereocenters. The third-order valence-corrected chi connectivity index (χ3v) is 6.48. The van der Waals surface area contributed by atoms with Gasteiger partial charge >= 0.3 is 6.03 Å². The molecule has 0 aromatic carbocycles. The van der Waals surface area contributed by atoms with Crippen LogP contribution in [-0.2, 0) is 0 Å². The second kappa shape index (κ2) is 9.41. The minimum absolute atomic E-state index is 0.00684. The first-order valence-electron chi connectivity index (χ1n) is 11.3. The summed E-state index contributed by atoms with van der Waals surface area (Å²) in [6.45, 7) is 15.0. The number of piperidine rings is 2. The molecule has 3 rings (SSSR count). The van der Waals surface area contributed by atoms with E-state index in [0.717, 1.165) is 31.7 Å². The predicted molar refractivity (Wildman–Crippen MR) is 118 cm³/mol. The van der Waals surface area contributed by atoms with Crippen molar-refractivity contribution in [2.24, 2.45) is 11.8 Å². The van der Waals surface area contributed by atoms with Gasteiger partial charge in [0.25, 0.3) is 5.91 Å². The van der Waals surface area contributed by atoms with Gasteiger partial charge in [0.2, 0.25) is 0 Å². The summed E-state index contributed by atoms with van der Waals surface area (Å²) in [4.78, 5) is 29.3. The number of hydrogen-bond acceptors (Lipinski definition) is 4. The van der Waals surface area contributed by atoms with Crippen LogP contribution in [0.1, 0.15) is 63.3 Å². The summed E-state index contributed by atoms with van der Waals surface area (Å²) in [5, 5.41) is 6.16. The monoisotopic (exact) mass is 418 g/mol. The Morgan fingerprint density at radius 1 is 1.13 bits per heavy atom. The molecule has 3 heterocycles. The number of nitrogens with zero attached hydrogens (tertiary/aromatic N) is 2. The van der Waals surface area contributed by atoms with E-state index in [-0.39, 0.29) is 23.5 Å². The van der Waals surface area contributed by atoms with Crippen LogP contribution in [0.4, 0.5) is 4.79 Å². The standard InChI is InChI=1S/C23H38N4O3/c1-16-12-17(2)14-27(13-16)23(4,5)15-24-22(29)26-10-8-19(9-11-26)25-21(28)20-7-6-18(3)30-20/h6-7,16-17,19H,8-15H2,1-5H3,(H,24,29)(H,25,28). The molecule has 168 valence electrons. The van der Waals surface area contributed by atoms with Gasteiger partial charge in [0, 0.05) is 44.3 Å². The first kappa shape index (κ1) is 22.7. The number of furan rings is 1. The van der Waals surface area contributed by atoms with Crippen LogP contribution in [0, 0.1) is 18.8 Å². The Hall–Kier alpha value is -2.02. The van der Waals surface area contributed by atoms with E-state index in [1.54, 1.807) is 12.1 Å². The van der Waals surface area contributed by atoms with Crippen LogP contribution in [0.25, 0.3) is 0 Å². The highest BCUT2D eigenvalue weighted by atomic mass is 16.3. The molecule has 0 bridgehead atoms. The molecule has 1 aromatic rings. The number of aryl methyl sites for hydroxylation is 1. The Labute approximate surface area is 180 Å². The van der Waals surface area contributed by atoms with Crippen molar-refractivity contribution in [2.75, 3.05) is 32.7 Å². The van der Waals surface area contributed by atoms with E-state index in [2.05, 4.69) is 43.2 Å². The molecule has 3 amide bonds. The number of amides is 3. The molecule has 7 nitrogen and oxygen atoms in total. The molecule has 30 heavy (non-hydrogen) atoms. The van der Waals surface area contributed by atoms with Gasteiger partial charge in [0.1, 0.15) is 5.76 Å². The van der Waals surface area contributed by atoms with Gasteiger partial charge in [-0.1, -0.05) is 13.8 Å². The highest BCUT2D eigenvalue weighted by Gasteiger charge is 2.33. The molecule has 2 aliphatic rings. The zero-order valence-corrected chi connectivity index (χ0v) is 19.2. The van der Waals surface area contributed by atoms with Crippen LogP contribution in [0.2, 0.25) is 0 Å². The summed E-state index contributed by atoms with van der Waals surface area (Å²) in [5.74, 6) is 2.28. The van der Waals surface area contributed by atoms with Crippen LogP contribution in [0.3, 0.4) is 0 Å². The second-order valence-electron chi connectivity index (χ2n) is 9.97. The Kier molecular flexibility index (Phi) is 7.11. The van der Waals surface area contributed by atoms with E-state index in [9.17, 15) is 9.59 Å². The summed E-state index contributed by atoms with van der Waals surface area (Å²) in [7, 11) is 0. The predicted octanol–water partition coefficient (Wildman–Crippen LogP) is 3.25. The number of hydrogen-bond donors (Lipinski definition) is 2. The Bertz CT molecular complexity index is 727. The lowest BCUT2D eigenvalue weighted by Crippen LogP contribution is -2.58. The number of carbonyl (C=O) groups excluding carboxylic acids is 2. The molecule has 2 unspecified atom stereocenters. The largest absolute Gasteiger partial charge is 0.456 e. The Morgan fingerprint density at radius 2 is 1.77 bits per heavy atom. The third kappa shape index (κ3) is 5.78. The minimum atomic E-state index is -0.183. The maximum Gasteiger partial charge on any atom is 0.317 e. The van der Waals surface area contributed by atoms with Gasteiger partial charge in [0.05, 0.1) is 0 Å². The van der Waals surface area contributed by atoms with Gasteiger partial charge in [-0.25, -0.2) is 4.79 Å². The topological polar surface area (TPSA) is 77.8 Å². The first-order chi connectivity index (χ1) is 14.1. The van der Waals surface area contributed by atoms with Crippen molar-refractivity contribution in [3.8, 4) is 0 Å². The molecule has 1 aromatic heterocycles. The smallest absolute Gasteiger partial charge is 0.317 e. The summed E-state index contributed by atoms with van der Waals surface area (Å²) < 4.78 is 5.38. The Balaban J connectivity index is 1.42. The van der Waals surface area contributed by atoms with Crippen LogP contribution in [-0.4, -0.2) is 66.0 Å². The molecule has 7 heteroatoms. The van der Waals surface area contributed by atoms with Crippen molar-refractivity contribution in [2.45, 2.75) is 65.5 Å². The summed E-state index contributed by atoms with van der Waals surface area (Å²) in [6, 6.07) is 3.54. The summed E-state index contributed by atoms with van der Waals surface area (Å²) in [5.41, 5.74) is -0.0634. The Morgan fingerprint density at radius 3 is 2.33 bits per heavy atom. The molecule has 0 spiro atoms.